The minimum absolute atomic E-state index is 0.161. The molecule has 30 heavy (non-hydrogen) atoms. The van der Waals surface area contributed by atoms with Crippen LogP contribution in [0.1, 0.15) is 23.2 Å². The Hall–Kier alpha value is -3.57. The molecule has 1 aliphatic heterocycles. The van der Waals surface area contributed by atoms with Gasteiger partial charge in [0.1, 0.15) is 11.4 Å². The van der Waals surface area contributed by atoms with E-state index in [-0.39, 0.29) is 11.4 Å². The van der Waals surface area contributed by atoms with Crippen LogP contribution in [0.2, 0.25) is 0 Å². The number of primary amides is 1. The lowest BCUT2D eigenvalue weighted by atomic mass is 9.91. The average molecular weight is 411 g/mol. The van der Waals surface area contributed by atoms with Gasteiger partial charge in [0.05, 0.1) is 11.9 Å². The van der Waals surface area contributed by atoms with Gasteiger partial charge >= 0.3 is 0 Å². The van der Waals surface area contributed by atoms with Crippen LogP contribution in [0.4, 0.5) is 23.1 Å². The van der Waals surface area contributed by atoms with Crippen molar-refractivity contribution in [2.45, 2.75) is 18.4 Å². The van der Waals surface area contributed by atoms with E-state index < -0.39 is 11.4 Å². The summed E-state index contributed by atoms with van der Waals surface area (Å²) in [5.74, 6) is -0.0319. The molecular weight excluding hydrogens is 386 g/mol. The number of rotatable bonds is 9. The summed E-state index contributed by atoms with van der Waals surface area (Å²) < 4.78 is 5.36. The predicted molar refractivity (Wildman–Crippen MR) is 117 cm³/mol. The van der Waals surface area contributed by atoms with Crippen LogP contribution >= 0.6 is 0 Å². The topological polar surface area (TPSA) is 176 Å². The Bertz CT molecular complexity index is 926. The van der Waals surface area contributed by atoms with E-state index in [9.17, 15) is 4.79 Å². The van der Waals surface area contributed by atoms with Gasteiger partial charge in [-0.1, -0.05) is 6.07 Å². The van der Waals surface area contributed by atoms with Crippen molar-refractivity contribution in [2.75, 3.05) is 35.8 Å². The first-order valence-corrected chi connectivity index (χ1v) is 9.42. The zero-order valence-electron chi connectivity index (χ0n) is 16.4. The number of nitrogens with two attached hydrogens (primary N) is 2. The molecule has 8 N–H and O–H groups in total. The summed E-state index contributed by atoms with van der Waals surface area (Å²) in [6.07, 6.45) is 5.24. The third-order valence-corrected chi connectivity index (χ3v) is 4.61. The van der Waals surface area contributed by atoms with Gasteiger partial charge in [-0.3, -0.25) is 10.2 Å². The number of carbonyl (C=O) groups excluding carboxylic acids is 1. The number of benzene rings is 1. The van der Waals surface area contributed by atoms with Crippen molar-refractivity contribution in [3.8, 4) is 0 Å². The number of nitrogens with zero attached hydrogens (tertiary/aromatic N) is 3. The number of aromatic nitrogens is 2. The lowest BCUT2D eigenvalue weighted by Gasteiger charge is -2.33. The Morgan fingerprint density at radius 3 is 2.83 bits per heavy atom. The molecule has 0 aliphatic carbocycles. The van der Waals surface area contributed by atoms with Crippen LogP contribution in [0.15, 0.2) is 35.6 Å². The summed E-state index contributed by atoms with van der Waals surface area (Å²) in [4.78, 5) is 20.4. The normalized spacial score (nSPS) is 15.5. The molecule has 1 amide bonds. The van der Waals surface area contributed by atoms with Crippen molar-refractivity contribution in [2.24, 2.45) is 16.6 Å². The molecule has 0 saturated carbocycles. The molecule has 2 aromatic rings. The molecule has 1 fully saturated rings. The predicted octanol–water partition coefficient (Wildman–Crippen LogP) is 1.29. The van der Waals surface area contributed by atoms with Crippen molar-refractivity contribution in [1.82, 2.24) is 9.97 Å². The number of nitrogens with one attached hydrogen (secondary N) is 4. The number of hydrogen-bond acceptors (Lipinski definition) is 10. The lowest BCUT2D eigenvalue weighted by molar-refractivity contribution is 0.0574. The Kier molecular flexibility index (Phi) is 6.88. The molecule has 11 nitrogen and oxygen atoms in total. The first-order valence-electron chi connectivity index (χ1n) is 9.42. The van der Waals surface area contributed by atoms with E-state index in [0.717, 1.165) is 19.1 Å². The Balaban J connectivity index is 1.76. The van der Waals surface area contributed by atoms with Gasteiger partial charge in [-0.15, -0.1) is 0 Å². The zero-order chi connectivity index (χ0) is 21.4. The first-order chi connectivity index (χ1) is 14.5. The van der Waals surface area contributed by atoms with E-state index in [1.807, 2.05) is 12.1 Å². The number of carbonyl (C=O) groups is 1. The summed E-state index contributed by atoms with van der Waals surface area (Å²) in [5, 5.41) is 17.1. The third kappa shape index (κ3) is 5.72. The lowest BCUT2D eigenvalue weighted by Crippen LogP contribution is -2.50. The quantitative estimate of drug-likeness (QED) is 0.264. The molecule has 158 valence electrons. The Morgan fingerprint density at radius 2 is 2.10 bits per heavy atom. The Labute approximate surface area is 173 Å². The minimum atomic E-state index is -0.645. The van der Waals surface area contributed by atoms with Crippen molar-refractivity contribution < 1.29 is 9.53 Å². The summed E-state index contributed by atoms with van der Waals surface area (Å²) in [7, 11) is 0. The van der Waals surface area contributed by atoms with Crippen molar-refractivity contribution >= 4 is 41.5 Å². The summed E-state index contributed by atoms with van der Waals surface area (Å²) in [6, 6.07) is 7.20. The largest absolute Gasteiger partial charge is 0.381 e. The van der Waals surface area contributed by atoms with E-state index in [1.54, 1.807) is 12.1 Å². The van der Waals surface area contributed by atoms with Gasteiger partial charge in [-0.05, 0) is 31.0 Å². The SMILES string of the molecule is N=CC=NNc1cccc(Nc2nc(NCC3(N)CCOCC3)ncc2C(N)=O)c1. The maximum Gasteiger partial charge on any atom is 0.254 e. The number of amides is 1. The van der Waals surface area contributed by atoms with Crippen molar-refractivity contribution in [3.63, 3.8) is 0 Å². The van der Waals surface area contributed by atoms with Gasteiger partial charge in [0, 0.05) is 43.4 Å². The monoisotopic (exact) mass is 411 g/mol. The van der Waals surface area contributed by atoms with E-state index in [0.29, 0.717) is 37.1 Å². The highest BCUT2D eigenvalue weighted by molar-refractivity contribution is 6.14. The molecule has 3 rings (SSSR count). The summed E-state index contributed by atoms with van der Waals surface area (Å²) in [5.41, 5.74) is 15.8. The molecule has 1 aromatic carbocycles. The van der Waals surface area contributed by atoms with Crippen molar-refractivity contribution in [3.05, 3.63) is 36.0 Å². The van der Waals surface area contributed by atoms with Crippen LogP contribution in [-0.2, 0) is 4.74 Å². The zero-order valence-corrected chi connectivity index (χ0v) is 16.4. The number of anilines is 4. The van der Waals surface area contributed by atoms with Gasteiger partial charge < -0.3 is 32.2 Å². The highest BCUT2D eigenvalue weighted by Gasteiger charge is 2.28. The summed E-state index contributed by atoms with van der Waals surface area (Å²) >= 11 is 0. The Morgan fingerprint density at radius 1 is 1.33 bits per heavy atom. The molecule has 2 heterocycles. The van der Waals surface area contributed by atoms with Crippen LogP contribution in [0.3, 0.4) is 0 Å². The van der Waals surface area contributed by atoms with E-state index in [1.165, 1.54) is 12.4 Å². The molecule has 11 heteroatoms. The molecule has 0 unspecified atom stereocenters. The van der Waals surface area contributed by atoms with E-state index >= 15 is 0 Å². The second-order valence-corrected chi connectivity index (χ2v) is 6.91. The number of hydrogen-bond donors (Lipinski definition) is 6. The molecule has 0 atom stereocenters. The number of ether oxygens (including phenoxy) is 1. The molecule has 1 saturated heterocycles. The first kappa shape index (κ1) is 21.1. The fourth-order valence-electron chi connectivity index (χ4n) is 2.90. The standard InChI is InChI=1S/C19H25N9O2/c20-6-7-25-28-14-3-1-2-13(10-14)26-17-15(16(21)29)11-23-18(27-17)24-12-19(22)4-8-30-9-5-19/h1-3,6-7,10-11,20,28H,4-5,8-9,12,22H2,(H2,21,29)(H2,23,24,26,27). The van der Waals surface area contributed by atoms with Crippen LogP contribution in [0.25, 0.3) is 0 Å². The van der Waals surface area contributed by atoms with E-state index in [4.69, 9.17) is 21.6 Å². The van der Waals surface area contributed by atoms with Gasteiger partial charge in [0.15, 0.2) is 0 Å². The number of hydrazone groups is 1. The van der Waals surface area contributed by atoms with Crippen LogP contribution in [0, 0.1) is 5.41 Å². The molecule has 1 aromatic heterocycles. The summed E-state index contributed by atoms with van der Waals surface area (Å²) in [6.45, 7) is 1.73. The molecular formula is C19H25N9O2. The smallest absolute Gasteiger partial charge is 0.254 e. The molecule has 0 spiro atoms. The molecule has 0 radical (unpaired) electrons. The fraction of sp³-hybridized carbons (Fsp3) is 0.316. The maximum atomic E-state index is 11.8. The fourth-order valence-corrected chi connectivity index (χ4v) is 2.90. The van der Waals surface area contributed by atoms with Crippen molar-refractivity contribution in [1.29, 1.82) is 5.41 Å². The minimum Gasteiger partial charge on any atom is -0.381 e. The van der Waals surface area contributed by atoms with Gasteiger partial charge in [-0.2, -0.15) is 10.1 Å². The molecule has 0 bridgehead atoms. The van der Waals surface area contributed by atoms with Gasteiger partial charge in [0.2, 0.25) is 5.95 Å². The van der Waals surface area contributed by atoms with Crippen LogP contribution in [0.5, 0.6) is 0 Å². The highest BCUT2D eigenvalue weighted by atomic mass is 16.5. The van der Waals surface area contributed by atoms with Crippen LogP contribution < -0.4 is 27.5 Å². The second-order valence-electron chi connectivity index (χ2n) is 6.91. The molecule has 1 aliphatic rings. The maximum absolute atomic E-state index is 11.8. The third-order valence-electron chi connectivity index (χ3n) is 4.61. The van der Waals surface area contributed by atoms with E-state index in [2.05, 4.69) is 31.1 Å². The van der Waals surface area contributed by atoms with Crippen LogP contribution in [-0.4, -0.2) is 53.6 Å². The second kappa shape index (κ2) is 9.76. The highest BCUT2D eigenvalue weighted by Crippen LogP contribution is 2.23. The van der Waals surface area contributed by atoms with Gasteiger partial charge in [-0.25, -0.2) is 4.98 Å². The van der Waals surface area contributed by atoms with Gasteiger partial charge in [0.25, 0.3) is 5.91 Å². The average Bonchev–Trinajstić information content (AvgIpc) is 2.73.